The maximum Gasteiger partial charge on any atom is 0.265 e. The number of hydrogen-bond acceptors (Lipinski definition) is 2. The molecule has 35 heavy (non-hydrogen) atoms. The standard InChI is InChI=1S/C24H18Cl4F2N3O.ClH/c25-19-5-1-15(7-21(19)27)10-32-13-31-33(14-32)11-24(18-4-3-17(29)9-23(18)30)34-12-16-2-6-20(26)22(28)8-16;/h1-9,13-14,24H,10-12H2;1H/q+1;/p-1. The van der Waals surface area contributed by atoms with Gasteiger partial charge in [-0.05, 0) is 41.5 Å². The van der Waals surface area contributed by atoms with Gasteiger partial charge >= 0.3 is 0 Å². The topological polar surface area (TPSA) is 30.9 Å². The molecule has 4 nitrogen and oxygen atoms in total. The van der Waals surface area contributed by atoms with Crippen molar-refractivity contribution in [2.75, 3.05) is 0 Å². The van der Waals surface area contributed by atoms with E-state index < -0.39 is 17.7 Å². The van der Waals surface area contributed by atoms with Crippen LogP contribution in [-0.2, 0) is 24.4 Å². The van der Waals surface area contributed by atoms with Crippen molar-refractivity contribution in [3.63, 3.8) is 0 Å². The van der Waals surface area contributed by atoms with Crippen molar-refractivity contribution in [2.24, 2.45) is 0 Å². The summed E-state index contributed by atoms with van der Waals surface area (Å²) in [6.45, 7) is 0.845. The molecule has 0 radical (unpaired) electrons. The summed E-state index contributed by atoms with van der Waals surface area (Å²) in [6.07, 6.45) is 2.66. The number of nitrogens with zero attached hydrogens (tertiary/aromatic N) is 3. The molecule has 1 unspecified atom stereocenters. The van der Waals surface area contributed by atoms with Crippen molar-refractivity contribution in [3.8, 4) is 0 Å². The molecule has 0 spiro atoms. The van der Waals surface area contributed by atoms with Crippen LogP contribution in [0.15, 0.2) is 67.3 Å². The van der Waals surface area contributed by atoms with E-state index in [1.54, 1.807) is 47.7 Å². The first kappa shape index (κ1) is 27.7. The molecule has 3 aromatic carbocycles. The largest absolute Gasteiger partial charge is 1.00 e. The molecule has 4 rings (SSSR count). The molecule has 1 aromatic heterocycles. The van der Waals surface area contributed by atoms with Gasteiger partial charge in [-0.25, -0.2) is 13.3 Å². The van der Waals surface area contributed by atoms with Crippen LogP contribution in [0.4, 0.5) is 8.78 Å². The molecule has 0 saturated carbocycles. The van der Waals surface area contributed by atoms with Crippen molar-refractivity contribution >= 4 is 46.4 Å². The minimum atomic E-state index is -0.742. The minimum absolute atomic E-state index is 0. The fraction of sp³-hybridized carbons (Fsp3) is 0.167. The monoisotopic (exact) mass is 577 g/mol. The normalized spacial score (nSPS) is 11.8. The van der Waals surface area contributed by atoms with Gasteiger partial charge in [0.25, 0.3) is 6.33 Å². The molecule has 4 aromatic rings. The summed E-state index contributed by atoms with van der Waals surface area (Å²) in [7, 11) is 0. The second-order valence-corrected chi connectivity index (χ2v) is 9.23. The zero-order valence-electron chi connectivity index (χ0n) is 17.9. The lowest BCUT2D eigenvalue weighted by molar-refractivity contribution is -0.689. The molecular weight excluding hydrogens is 562 g/mol. The van der Waals surface area contributed by atoms with Gasteiger partial charge in [-0.15, -0.1) is 4.68 Å². The number of hydrogen-bond donors (Lipinski definition) is 0. The Kier molecular flexibility index (Phi) is 9.76. The van der Waals surface area contributed by atoms with Crippen molar-refractivity contribution in [1.82, 2.24) is 9.78 Å². The predicted molar refractivity (Wildman–Crippen MR) is 128 cm³/mol. The summed E-state index contributed by atoms with van der Waals surface area (Å²) in [5.41, 5.74) is 1.92. The fourth-order valence-electron chi connectivity index (χ4n) is 3.39. The van der Waals surface area contributed by atoms with E-state index in [1.165, 1.54) is 12.1 Å². The molecule has 11 heteroatoms. The molecule has 184 valence electrons. The van der Waals surface area contributed by atoms with E-state index in [0.29, 0.717) is 26.6 Å². The Morgan fingerprint density at radius 3 is 2.17 bits per heavy atom. The van der Waals surface area contributed by atoms with Crippen LogP contribution in [0.5, 0.6) is 0 Å². The Morgan fingerprint density at radius 1 is 0.857 bits per heavy atom. The summed E-state index contributed by atoms with van der Waals surface area (Å²) < 4.78 is 37.6. The average molecular weight is 580 g/mol. The van der Waals surface area contributed by atoms with E-state index in [1.807, 2.05) is 10.6 Å². The zero-order chi connectivity index (χ0) is 24.2. The first-order valence-electron chi connectivity index (χ1n) is 10.1. The number of benzene rings is 3. The van der Waals surface area contributed by atoms with E-state index in [9.17, 15) is 8.78 Å². The van der Waals surface area contributed by atoms with E-state index in [-0.39, 0.29) is 31.1 Å². The van der Waals surface area contributed by atoms with Crippen molar-refractivity contribution < 1.29 is 30.5 Å². The van der Waals surface area contributed by atoms with Crippen LogP contribution in [0.1, 0.15) is 22.8 Å². The summed E-state index contributed by atoms with van der Waals surface area (Å²) in [4.78, 5) is 0. The van der Waals surface area contributed by atoms with Crippen LogP contribution < -0.4 is 17.0 Å². The van der Waals surface area contributed by atoms with Gasteiger partial charge in [0, 0.05) is 16.7 Å². The van der Waals surface area contributed by atoms with Crippen molar-refractivity contribution in [3.05, 3.63) is 116 Å². The number of rotatable bonds is 8. The second kappa shape index (κ2) is 12.3. The highest BCUT2D eigenvalue weighted by atomic mass is 35.5. The Hall–Kier alpha value is -1.93. The highest BCUT2D eigenvalue weighted by Crippen LogP contribution is 2.27. The van der Waals surface area contributed by atoms with Crippen molar-refractivity contribution in [2.45, 2.75) is 25.8 Å². The second-order valence-electron chi connectivity index (χ2n) is 7.60. The highest BCUT2D eigenvalue weighted by Gasteiger charge is 2.22. The molecule has 0 N–H and O–H groups in total. The lowest BCUT2D eigenvalue weighted by Gasteiger charge is -2.17. The van der Waals surface area contributed by atoms with Crippen LogP contribution in [-0.4, -0.2) is 9.78 Å². The van der Waals surface area contributed by atoms with Gasteiger partial charge in [0.2, 0.25) is 6.33 Å². The number of ether oxygens (including phenoxy) is 1. The Morgan fingerprint density at radius 2 is 1.51 bits per heavy atom. The third-order valence-corrected chi connectivity index (χ3v) is 6.55. The lowest BCUT2D eigenvalue weighted by atomic mass is 10.1. The van der Waals surface area contributed by atoms with Crippen LogP contribution in [0.2, 0.25) is 20.1 Å². The van der Waals surface area contributed by atoms with Crippen LogP contribution in [0.25, 0.3) is 0 Å². The van der Waals surface area contributed by atoms with Crippen LogP contribution in [0, 0.1) is 11.6 Å². The van der Waals surface area contributed by atoms with Crippen LogP contribution in [0.3, 0.4) is 0 Å². The molecule has 0 aliphatic heterocycles. The lowest BCUT2D eigenvalue weighted by Crippen LogP contribution is -3.00. The Labute approximate surface area is 227 Å². The molecule has 0 aliphatic rings. The molecule has 1 heterocycles. The summed E-state index contributed by atoms with van der Waals surface area (Å²) >= 11 is 24.1. The first-order valence-corrected chi connectivity index (χ1v) is 11.7. The maximum atomic E-state index is 14.6. The van der Waals surface area contributed by atoms with E-state index in [2.05, 4.69) is 5.10 Å². The third-order valence-electron chi connectivity index (χ3n) is 5.08. The molecule has 0 aliphatic carbocycles. The van der Waals surface area contributed by atoms with Gasteiger partial charge in [-0.2, -0.15) is 0 Å². The molecular formula is C24H18Cl5F2N3O. The predicted octanol–water partition coefficient (Wildman–Crippen LogP) is 4.07. The minimum Gasteiger partial charge on any atom is -1.00 e. The Balaban J connectivity index is 0.00000342. The third kappa shape index (κ3) is 7.29. The van der Waals surface area contributed by atoms with E-state index in [0.717, 1.165) is 17.2 Å². The molecule has 0 fully saturated rings. The van der Waals surface area contributed by atoms with Gasteiger partial charge in [-0.1, -0.05) is 64.6 Å². The van der Waals surface area contributed by atoms with Gasteiger partial charge in [-0.3, -0.25) is 0 Å². The average Bonchev–Trinajstić information content (AvgIpc) is 3.23. The van der Waals surface area contributed by atoms with E-state index >= 15 is 0 Å². The van der Waals surface area contributed by atoms with E-state index in [4.69, 9.17) is 51.1 Å². The molecule has 0 amide bonds. The Bertz CT molecular complexity index is 1320. The van der Waals surface area contributed by atoms with Gasteiger partial charge in [0.1, 0.15) is 24.3 Å². The van der Waals surface area contributed by atoms with Crippen LogP contribution >= 0.6 is 46.4 Å². The van der Waals surface area contributed by atoms with Gasteiger partial charge < -0.3 is 17.1 Å². The molecule has 0 bridgehead atoms. The summed E-state index contributed by atoms with van der Waals surface area (Å²) in [5, 5.41) is 6.12. The highest BCUT2D eigenvalue weighted by molar-refractivity contribution is 6.42. The number of halogens is 7. The summed E-state index contributed by atoms with van der Waals surface area (Å²) in [6, 6.07) is 13.9. The van der Waals surface area contributed by atoms with Gasteiger partial charge in [0.05, 0.1) is 33.2 Å². The number of aromatic nitrogens is 3. The van der Waals surface area contributed by atoms with Crippen molar-refractivity contribution in [1.29, 1.82) is 0 Å². The maximum absolute atomic E-state index is 14.6. The van der Waals surface area contributed by atoms with Gasteiger partial charge in [0.15, 0.2) is 0 Å². The summed E-state index contributed by atoms with van der Waals surface area (Å²) in [5.74, 6) is -1.36. The molecule has 0 saturated heterocycles. The first-order chi connectivity index (χ1) is 16.3. The smallest absolute Gasteiger partial charge is 0.265 e. The molecule has 1 atom stereocenters. The zero-order valence-corrected chi connectivity index (χ0v) is 21.7. The fourth-order valence-corrected chi connectivity index (χ4v) is 4.03. The quantitative estimate of drug-likeness (QED) is 0.295. The SMILES string of the molecule is Fc1ccc(C(Cn2c[n+](Cc3ccc(Cl)c(Cl)c3)cn2)OCc2ccc(Cl)c(Cl)c2)c(F)c1.[Cl-].